The number of aromatic nitrogens is 3. The molecule has 0 unspecified atom stereocenters. The summed E-state index contributed by atoms with van der Waals surface area (Å²) in [6, 6.07) is 7.76. The fraction of sp³-hybridized carbons (Fsp3) is 0. The molecular formula is C12H8F2N4O2S. The fourth-order valence-electron chi connectivity index (χ4n) is 1.79. The lowest BCUT2D eigenvalue weighted by molar-refractivity contribution is 0.521. The van der Waals surface area contributed by atoms with Crippen molar-refractivity contribution >= 4 is 21.6 Å². The molecule has 21 heavy (non-hydrogen) atoms. The standard InChI is InChI=1S/C12H8F2N4O2S/c13-8-4-3-5-9(14)11(8)21(19,20)17-12-15-10-6-1-2-7-18(10)16-12/h1-7H,(H,16,17). The van der Waals surface area contributed by atoms with Crippen LogP contribution in [0.3, 0.4) is 0 Å². The van der Waals surface area contributed by atoms with Crippen LogP contribution in [0.4, 0.5) is 14.7 Å². The van der Waals surface area contributed by atoms with Crippen LogP contribution in [0.15, 0.2) is 47.5 Å². The van der Waals surface area contributed by atoms with Gasteiger partial charge in [-0.2, -0.15) is 4.98 Å². The molecule has 0 saturated carbocycles. The van der Waals surface area contributed by atoms with Gasteiger partial charge in [0.2, 0.25) is 0 Å². The average molecular weight is 310 g/mol. The second-order valence-corrected chi connectivity index (χ2v) is 5.71. The largest absolute Gasteiger partial charge is 0.270 e. The van der Waals surface area contributed by atoms with Gasteiger partial charge in [0.05, 0.1) is 0 Å². The van der Waals surface area contributed by atoms with Crippen LogP contribution < -0.4 is 4.72 Å². The Bertz CT molecular complexity index is 871. The van der Waals surface area contributed by atoms with Crippen molar-refractivity contribution in [3.8, 4) is 0 Å². The van der Waals surface area contributed by atoms with Crippen molar-refractivity contribution in [3.63, 3.8) is 0 Å². The summed E-state index contributed by atoms with van der Waals surface area (Å²) in [4.78, 5) is 2.83. The second kappa shape index (κ2) is 4.77. The Morgan fingerprint density at radius 1 is 1.05 bits per heavy atom. The van der Waals surface area contributed by atoms with Gasteiger partial charge in [0.25, 0.3) is 16.0 Å². The Hall–Kier alpha value is -2.55. The number of nitrogens with one attached hydrogen (secondary N) is 1. The van der Waals surface area contributed by atoms with Crippen LogP contribution in [-0.2, 0) is 10.0 Å². The fourth-order valence-corrected chi connectivity index (χ4v) is 2.86. The SMILES string of the molecule is O=S(=O)(Nc1nc2ccccn2n1)c1c(F)cccc1F. The Balaban J connectivity index is 2.03. The highest BCUT2D eigenvalue weighted by atomic mass is 32.2. The minimum Gasteiger partial charge on any atom is -0.246 e. The first kappa shape index (κ1) is 13.4. The van der Waals surface area contributed by atoms with E-state index in [9.17, 15) is 17.2 Å². The van der Waals surface area contributed by atoms with Gasteiger partial charge in [0.15, 0.2) is 10.5 Å². The molecule has 108 valence electrons. The van der Waals surface area contributed by atoms with Crippen molar-refractivity contribution in [2.45, 2.75) is 4.90 Å². The lowest BCUT2D eigenvalue weighted by Gasteiger charge is -2.06. The summed E-state index contributed by atoms with van der Waals surface area (Å²) < 4.78 is 54.5. The van der Waals surface area contributed by atoms with Crippen LogP contribution >= 0.6 is 0 Å². The Morgan fingerprint density at radius 2 is 1.76 bits per heavy atom. The Morgan fingerprint density at radius 3 is 2.43 bits per heavy atom. The van der Waals surface area contributed by atoms with Gasteiger partial charge in [-0.15, -0.1) is 5.10 Å². The van der Waals surface area contributed by atoms with Gasteiger partial charge in [-0.25, -0.2) is 26.4 Å². The van der Waals surface area contributed by atoms with Crippen molar-refractivity contribution in [2.75, 3.05) is 4.72 Å². The van der Waals surface area contributed by atoms with Crippen LogP contribution in [0.2, 0.25) is 0 Å². The first-order valence-corrected chi connectivity index (χ1v) is 7.24. The zero-order valence-electron chi connectivity index (χ0n) is 10.4. The number of rotatable bonds is 3. The van der Waals surface area contributed by atoms with Gasteiger partial charge in [0.1, 0.15) is 11.6 Å². The molecule has 0 aliphatic heterocycles. The van der Waals surface area contributed by atoms with E-state index in [4.69, 9.17) is 0 Å². The predicted octanol–water partition coefficient (Wildman–Crippen LogP) is 1.81. The number of hydrogen-bond acceptors (Lipinski definition) is 4. The molecule has 0 bridgehead atoms. The predicted molar refractivity (Wildman–Crippen MR) is 70.2 cm³/mol. The van der Waals surface area contributed by atoms with Crippen LogP contribution in [0.25, 0.3) is 5.65 Å². The molecular weight excluding hydrogens is 302 g/mol. The molecule has 0 aliphatic rings. The zero-order chi connectivity index (χ0) is 15.0. The average Bonchev–Trinajstić information content (AvgIpc) is 2.79. The van der Waals surface area contributed by atoms with Gasteiger partial charge in [-0.3, -0.25) is 0 Å². The van der Waals surface area contributed by atoms with Crippen LogP contribution in [0.1, 0.15) is 0 Å². The smallest absolute Gasteiger partial charge is 0.246 e. The summed E-state index contributed by atoms with van der Waals surface area (Å²) in [7, 11) is -4.46. The van der Waals surface area contributed by atoms with E-state index in [1.807, 2.05) is 4.72 Å². The maximum Gasteiger partial charge on any atom is 0.270 e. The number of halogens is 2. The summed E-state index contributed by atoms with van der Waals surface area (Å²) in [5.41, 5.74) is 0.393. The summed E-state index contributed by atoms with van der Waals surface area (Å²) in [5, 5.41) is 3.85. The van der Waals surface area contributed by atoms with Crippen molar-refractivity contribution in [2.24, 2.45) is 0 Å². The summed E-state index contributed by atoms with van der Waals surface area (Å²) in [5.74, 6) is -2.65. The molecule has 0 radical (unpaired) electrons. The molecule has 2 heterocycles. The van der Waals surface area contributed by atoms with E-state index in [1.165, 1.54) is 4.52 Å². The number of sulfonamides is 1. The highest BCUT2D eigenvalue weighted by Gasteiger charge is 2.25. The number of anilines is 1. The molecule has 3 rings (SSSR count). The maximum atomic E-state index is 13.5. The van der Waals surface area contributed by atoms with Crippen molar-refractivity contribution in [3.05, 3.63) is 54.2 Å². The van der Waals surface area contributed by atoms with E-state index in [1.54, 1.807) is 24.4 Å². The number of pyridine rings is 1. The van der Waals surface area contributed by atoms with E-state index >= 15 is 0 Å². The normalized spacial score (nSPS) is 11.7. The topological polar surface area (TPSA) is 76.4 Å². The Labute approximate surface area is 118 Å². The molecule has 1 N–H and O–H groups in total. The third kappa shape index (κ3) is 2.42. The molecule has 9 heteroatoms. The van der Waals surface area contributed by atoms with Gasteiger partial charge in [0, 0.05) is 6.20 Å². The van der Waals surface area contributed by atoms with Gasteiger partial charge >= 0.3 is 0 Å². The van der Waals surface area contributed by atoms with E-state index in [2.05, 4.69) is 10.1 Å². The van der Waals surface area contributed by atoms with Gasteiger partial charge < -0.3 is 0 Å². The van der Waals surface area contributed by atoms with Crippen LogP contribution in [0, 0.1) is 11.6 Å². The number of fused-ring (bicyclic) bond motifs is 1. The highest BCUT2D eigenvalue weighted by Crippen LogP contribution is 2.20. The molecule has 0 atom stereocenters. The molecule has 0 aliphatic carbocycles. The quantitative estimate of drug-likeness (QED) is 0.800. The third-order valence-electron chi connectivity index (χ3n) is 2.65. The monoisotopic (exact) mass is 310 g/mol. The lowest BCUT2D eigenvalue weighted by atomic mass is 10.3. The van der Waals surface area contributed by atoms with Gasteiger partial charge in [-0.1, -0.05) is 12.1 Å². The Kier molecular flexibility index (Phi) is 3.05. The molecule has 0 fully saturated rings. The van der Waals surface area contributed by atoms with Crippen molar-refractivity contribution < 1.29 is 17.2 Å². The summed E-state index contributed by atoms with van der Waals surface area (Å²) >= 11 is 0. The first-order valence-electron chi connectivity index (χ1n) is 5.75. The number of benzene rings is 1. The molecule has 0 saturated heterocycles. The molecule has 0 amide bonds. The summed E-state index contributed by atoms with van der Waals surface area (Å²) in [6.07, 6.45) is 1.56. The van der Waals surface area contributed by atoms with E-state index < -0.39 is 26.6 Å². The molecule has 1 aromatic carbocycles. The maximum absolute atomic E-state index is 13.5. The highest BCUT2D eigenvalue weighted by molar-refractivity contribution is 7.92. The minimum atomic E-state index is -4.46. The first-order chi connectivity index (χ1) is 9.97. The van der Waals surface area contributed by atoms with Crippen molar-refractivity contribution in [1.82, 2.24) is 14.6 Å². The second-order valence-electron chi connectivity index (χ2n) is 4.10. The molecule has 0 spiro atoms. The molecule has 3 aromatic rings. The third-order valence-corrected chi connectivity index (χ3v) is 4.03. The zero-order valence-corrected chi connectivity index (χ0v) is 11.2. The van der Waals surface area contributed by atoms with E-state index in [0.717, 1.165) is 18.2 Å². The van der Waals surface area contributed by atoms with E-state index in [0.29, 0.717) is 5.65 Å². The van der Waals surface area contributed by atoms with Crippen LogP contribution in [-0.4, -0.2) is 23.0 Å². The van der Waals surface area contributed by atoms with Crippen LogP contribution in [0.5, 0.6) is 0 Å². The molecule has 2 aromatic heterocycles. The number of hydrogen-bond donors (Lipinski definition) is 1. The van der Waals surface area contributed by atoms with Gasteiger partial charge in [-0.05, 0) is 24.3 Å². The minimum absolute atomic E-state index is 0.274. The summed E-state index contributed by atoms with van der Waals surface area (Å²) in [6.45, 7) is 0. The molecule has 6 nitrogen and oxygen atoms in total. The van der Waals surface area contributed by atoms with E-state index in [-0.39, 0.29) is 5.95 Å². The van der Waals surface area contributed by atoms with Crippen molar-refractivity contribution in [1.29, 1.82) is 0 Å². The number of nitrogens with zero attached hydrogens (tertiary/aromatic N) is 3. The lowest BCUT2D eigenvalue weighted by Crippen LogP contribution is -2.17.